The average molecular weight is 337 g/mol. The highest BCUT2D eigenvalue weighted by molar-refractivity contribution is 9.10. The van der Waals surface area contributed by atoms with E-state index in [0.29, 0.717) is 6.04 Å². The van der Waals surface area contributed by atoms with Crippen molar-refractivity contribution in [2.75, 3.05) is 19.6 Å². The van der Waals surface area contributed by atoms with Gasteiger partial charge in [-0.25, -0.2) is 0 Å². The van der Waals surface area contributed by atoms with Crippen molar-refractivity contribution in [3.63, 3.8) is 0 Å². The summed E-state index contributed by atoms with van der Waals surface area (Å²) in [7, 11) is 0. The lowest BCUT2D eigenvalue weighted by Crippen LogP contribution is -2.53. The number of hydrogen-bond donors (Lipinski definition) is 1. The summed E-state index contributed by atoms with van der Waals surface area (Å²) in [6.45, 7) is 4.61. The molecule has 3 heteroatoms. The lowest BCUT2D eigenvalue weighted by atomic mass is 9.83. The molecule has 1 aromatic carbocycles. The molecule has 2 fully saturated rings. The largest absolute Gasteiger partial charge is 0.311 e. The second-order valence-corrected chi connectivity index (χ2v) is 7.14. The summed E-state index contributed by atoms with van der Waals surface area (Å²) in [6.07, 6.45) is 7.19. The first-order chi connectivity index (χ1) is 9.83. The molecule has 0 amide bonds. The van der Waals surface area contributed by atoms with Gasteiger partial charge in [0.2, 0.25) is 0 Å². The third-order valence-electron chi connectivity index (χ3n) is 4.86. The van der Waals surface area contributed by atoms with Crippen molar-refractivity contribution in [2.45, 2.75) is 44.7 Å². The fraction of sp³-hybridized carbons (Fsp3) is 0.647. The molecule has 1 heterocycles. The van der Waals surface area contributed by atoms with Crippen LogP contribution >= 0.6 is 15.9 Å². The molecule has 0 aromatic heterocycles. The molecule has 1 aliphatic heterocycles. The first kappa shape index (κ1) is 14.6. The van der Waals surface area contributed by atoms with Gasteiger partial charge in [0.15, 0.2) is 0 Å². The van der Waals surface area contributed by atoms with Crippen LogP contribution in [0.25, 0.3) is 0 Å². The molecule has 1 saturated carbocycles. The maximum atomic E-state index is 3.77. The Morgan fingerprint density at radius 3 is 2.75 bits per heavy atom. The molecule has 1 atom stereocenters. The Balaban J connectivity index is 1.59. The number of hydrogen-bond acceptors (Lipinski definition) is 2. The molecular formula is C17H25BrN2. The van der Waals surface area contributed by atoms with Crippen LogP contribution in [0.4, 0.5) is 0 Å². The van der Waals surface area contributed by atoms with Crippen LogP contribution in [0.3, 0.4) is 0 Å². The van der Waals surface area contributed by atoms with Crippen molar-refractivity contribution in [1.29, 1.82) is 0 Å². The molecule has 1 saturated heterocycles. The SMILES string of the molecule is Brc1ccccc1CN1CCNC(C2CCCCC2)C1. The zero-order chi connectivity index (χ0) is 13.8. The summed E-state index contributed by atoms with van der Waals surface area (Å²) in [5, 5.41) is 3.77. The van der Waals surface area contributed by atoms with Gasteiger partial charge in [0.05, 0.1) is 0 Å². The van der Waals surface area contributed by atoms with Crippen molar-refractivity contribution in [1.82, 2.24) is 10.2 Å². The molecule has 0 spiro atoms. The minimum atomic E-state index is 0.714. The molecule has 1 N–H and O–H groups in total. The zero-order valence-electron chi connectivity index (χ0n) is 12.2. The minimum Gasteiger partial charge on any atom is -0.311 e. The van der Waals surface area contributed by atoms with Crippen molar-refractivity contribution in [3.8, 4) is 0 Å². The molecule has 1 unspecified atom stereocenters. The third-order valence-corrected chi connectivity index (χ3v) is 5.63. The van der Waals surface area contributed by atoms with Crippen LogP contribution in [0, 0.1) is 5.92 Å². The first-order valence-electron chi connectivity index (χ1n) is 8.02. The number of benzene rings is 1. The summed E-state index contributed by atoms with van der Waals surface area (Å²) in [4.78, 5) is 2.62. The third kappa shape index (κ3) is 3.63. The van der Waals surface area contributed by atoms with Gasteiger partial charge in [0, 0.05) is 36.7 Å². The Kier molecular flexibility index (Phi) is 5.14. The van der Waals surface area contributed by atoms with Crippen molar-refractivity contribution >= 4 is 15.9 Å². The maximum Gasteiger partial charge on any atom is 0.0246 e. The zero-order valence-corrected chi connectivity index (χ0v) is 13.7. The maximum absolute atomic E-state index is 3.77. The topological polar surface area (TPSA) is 15.3 Å². The van der Waals surface area contributed by atoms with Crippen molar-refractivity contribution in [3.05, 3.63) is 34.3 Å². The molecule has 1 aromatic rings. The summed E-state index contributed by atoms with van der Waals surface area (Å²) < 4.78 is 1.24. The minimum absolute atomic E-state index is 0.714. The van der Waals surface area contributed by atoms with Gasteiger partial charge in [-0.15, -0.1) is 0 Å². The second kappa shape index (κ2) is 7.06. The van der Waals surface area contributed by atoms with E-state index in [9.17, 15) is 0 Å². The van der Waals surface area contributed by atoms with Gasteiger partial charge in [-0.1, -0.05) is 53.4 Å². The number of nitrogens with zero attached hydrogens (tertiary/aromatic N) is 1. The van der Waals surface area contributed by atoms with Crippen molar-refractivity contribution < 1.29 is 0 Å². The Hall–Kier alpha value is -0.380. The van der Waals surface area contributed by atoms with Crippen LogP contribution in [-0.2, 0) is 6.54 Å². The van der Waals surface area contributed by atoms with Gasteiger partial charge in [-0.05, 0) is 30.4 Å². The van der Waals surface area contributed by atoms with Gasteiger partial charge in [0.1, 0.15) is 0 Å². The Morgan fingerprint density at radius 2 is 1.95 bits per heavy atom. The van der Waals surface area contributed by atoms with Gasteiger partial charge >= 0.3 is 0 Å². The van der Waals surface area contributed by atoms with Gasteiger partial charge in [0.25, 0.3) is 0 Å². The van der Waals surface area contributed by atoms with Gasteiger partial charge in [-0.2, -0.15) is 0 Å². The number of rotatable bonds is 3. The number of nitrogens with one attached hydrogen (secondary N) is 1. The summed E-state index contributed by atoms with van der Waals surface area (Å²) in [6, 6.07) is 9.33. The van der Waals surface area contributed by atoms with E-state index in [1.165, 1.54) is 55.2 Å². The summed E-state index contributed by atoms with van der Waals surface area (Å²) >= 11 is 3.67. The standard InChI is InChI=1S/C17H25BrN2/c18-16-9-5-4-8-15(16)12-20-11-10-19-17(13-20)14-6-2-1-3-7-14/h4-5,8-9,14,17,19H,1-3,6-7,10-13H2. The highest BCUT2D eigenvalue weighted by Crippen LogP contribution is 2.28. The van der Waals surface area contributed by atoms with Crippen LogP contribution in [-0.4, -0.2) is 30.6 Å². The smallest absolute Gasteiger partial charge is 0.0246 e. The van der Waals surface area contributed by atoms with E-state index in [2.05, 4.69) is 50.4 Å². The Morgan fingerprint density at radius 1 is 1.15 bits per heavy atom. The van der Waals surface area contributed by atoms with E-state index in [4.69, 9.17) is 0 Å². The lowest BCUT2D eigenvalue weighted by molar-refractivity contribution is 0.141. The van der Waals surface area contributed by atoms with Crippen LogP contribution in [0.5, 0.6) is 0 Å². The first-order valence-corrected chi connectivity index (χ1v) is 8.81. The van der Waals surface area contributed by atoms with E-state index < -0.39 is 0 Å². The molecule has 20 heavy (non-hydrogen) atoms. The second-order valence-electron chi connectivity index (χ2n) is 6.29. The molecule has 2 nitrogen and oxygen atoms in total. The molecule has 2 aliphatic rings. The Bertz CT molecular complexity index is 429. The molecule has 1 aliphatic carbocycles. The predicted octanol–water partition coefficient (Wildman–Crippen LogP) is 3.80. The number of halogens is 1. The average Bonchev–Trinajstić information content (AvgIpc) is 2.51. The van der Waals surface area contributed by atoms with Crippen molar-refractivity contribution in [2.24, 2.45) is 5.92 Å². The fourth-order valence-electron chi connectivity index (χ4n) is 3.71. The van der Waals surface area contributed by atoms with Crippen LogP contribution in [0.15, 0.2) is 28.7 Å². The van der Waals surface area contributed by atoms with E-state index in [0.717, 1.165) is 19.0 Å². The molecular weight excluding hydrogens is 312 g/mol. The van der Waals surface area contributed by atoms with Crippen LogP contribution in [0.1, 0.15) is 37.7 Å². The monoisotopic (exact) mass is 336 g/mol. The lowest BCUT2D eigenvalue weighted by Gasteiger charge is -2.39. The molecule has 110 valence electrons. The van der Waals surface area contributed by atoms with Crippen LogP contribution in [0.2, 0.25) is 0 Å². The van der Waals surface area contributed by atoms with E-state index in [1.54, 1.807) is 0 Å². The van der Waals surface area contributed by atoms with E-state index in [-0.39, 0.29) is 0 Å². The quantitative estimate of drug-likeness (QED) is 0.902. The fourth-order valence-corrected chi connectivity index (χ4v) is 4.12. The predicted molar refractivity (Wildman–Crippen MR) is 87.8 cm³/mol. The number of piperazine rings is 1. The van der Waals surface area contributed by atoms with E-state index in [1.807, 2.05) is 0 Å². The van der Waals surface area contributed by atoms with E-state index >= 15 is 0 Å². The van der Waals surface area contributed by atoms with Gasteiger partial charge < -0.3 is 5.32 Å². The molecule has 0 bridgehead atoms. The summed E-state index contributed by atoms with van der Waals surface area (Å²) in [5.74, 6) is 0.908. The highest BCUT2D eigenvalue weighted by Gasteiger charge is 2.27. The molecule has 0 radical (unpaired) electrons. The molecule has 3 rings (SSSR count). The van der Waals surface area contributed by atoms with Crippen LogP contribution < -0.4 is 5.32 Å². The van der Waals surface area contributed by atoms with Gasteiger partial charge in [-0.3, -0.25) is 4.90 Å². The summed E-state index contributed by atoms with van der Waals surface area (Å²) in [5.41, 5.74) is 1.41. The Labute approximate surface area is 131 Å². The highest BCUT2D eigenvalue weighted by atomic mass is 79.9. The normalized spacial score (nSPS) is 25.8.